The lowest BCUT2D eigenvalue weighted by Crippen LogP contribution is -2.37. The summed E-state index contributed by atoms with van der Waals surface area (Å²) in [6.07, 6.45) is 1.24. The maximum Gasteiger partial charge on any atom is 0.254 e. The van der Waals surface area contributed by atoms with E-state index in [1.165, 1.54) is 11.5 Å². The topological polar surface area (TPSA) is 59.1 Å². The molecule has 0 fully saturated rings. The fourth-order valence-corrected chi connectivity index (χ4v) is 3.14. The molecule has 1 heterocycles. The predicted molar refractivity (Wildman–Crippen MR) is 106 cm³/mol. The maximum absolute atomic E-state index is 12.6. The molecule has 2 aromatic carbocycles. The van der Waals surface area contributed by atoms with Gasteiger partial charge in [0.15, 0.2) is 0 Å². The van der Waals surface area contributed by atoms with Gasteiger partial charge in [-0.25, -0.2) is 0 Å². The van der Waals surface area contributed by atoms with Crippen molar-refractivity contribution < 1.29 is 9.59 Å². The first kappa shape index (κ1) is 19.5. The second-order valence-corrected chi connectivity index (χ2v) is 5.98. The normalized spacial score (nSPS) is 11.0. The molecule has 0 spiro atoms. The van der Waals surface area contributed by atoms with Crippen LogP contribution in [0.1, 0.15) is 29.8 Å². The van der Waals surface area contributed by atoms with Crippen LogP contribution in [-0.4, -0.2) is 22.6 Å². The van der Waals surface area contributed by atoms with E-state index in [2.05, 4.69) is 9.69 Å². The van der Waals surface area contributed by atoms with E-state index in [1.807, 2.05) is 74.5 Å². The molecule has 0 saturated carbocycles. The van der Waals surface area contributed by atoms with Gasteiger partial charge in [-0.3, -0.25) is 4.79 Å². The van der Waals surface area contributed by atoms with Crippen molar-refractivity contribution in [2.24, 2.45) is 0 Å². The third-order valence-corrected chi connectivity index (χ3v) is 4.27. The Bertz CT molecular complexity index is 816. The van der Waals surface area contributed by atoms with Crippen molar-refractivity contribution >= 4 is 23.7 Å². The minimum absolute atomic E-state index is 0.282. The Balaban J connectivity index is 0.00000117. The number of aldehydes is 1. The molecule has 0 saturated heterocycles. The van der Waals surface area contributed by atoms with Gasteiger partial charge in [0.1, 0.15) is 6.29 Å². The monoisotopic (exact) mass is 366 g/mol. The number of aromatic nitrogens is 1. The largest absolute Gasteiger partial charge is 0.342 e. The van der Waals surface area contributed by atoms with Crippen molar-refractivity contribution in [1.82, 2.24) is 9.69 Å². The standard InChI is InChI=1S/C19H16N2O2S.C2H6/c22-12-16(11-14-7-3-1-4-8-14)20-19(23)17-13-24-21-18(17)15-9-5-2-6-10-15;1-2/h1-10,12-13,16H,11H2,(H,20,23);1-2H3. The fourth-order valence-electron chi connectivity index (χ4n) is 2.45. The average Bonchev–Trinajstić information content (AvgIpc) is 3.20. The molecule has 1 N–H and O–H groups in total. The lowest BCUT2D eigenvalue weighted by molar-refractivity contribution is -0.109. The van der Waals surface area contributed by atoms with Gasteiger partial charge >= 0.3 is 0 Å². The van der Waals surface area contributed by atoms with Gasteiger partial charge in [0, 0.05) is 10.9 Å². The predicted octanol–water partition coefficient (Wildman–Crippen LogP) is 4.38. The van der Waals surface area contributed by atoms with Crippen LogP contribution in [0.2, 0.25) is 0 Å². The van der Waals surface area contributed by atoms with Gasteiger partial charge in [0.2, 0.25) is 0 Å². The van der Waals surface area contributed by atoms with Crippen molar-refractivity contribution in [3.05, 3.63) is 77.2 Å². The zero-order valence-electron chi connectivity index (χ0n) is 14.9. The first-order valence-electron chi connectivity index (χ1n) is 8.58. The first-order chi connectivity index (χ1) is 12.8. The fraction of sp³-hybridized carbons (Fsp3) is 0.190. The van der Waals surface area contributed by atoms with Crippen LogP contribution in [0.3, 0.4) is 0 Å². The molecule has 0 aliphatic rings. The highest BCUT2D eigenvalue weighted by Crippen LogP contribution is 2.23. The molecule has 0 radical (unpaired) electrons. The summed E-state index contributed by atoms with van der Waals surface area (Å²) in [6.45, 7) is 4.00. The molecule has 3 aromatic rings. The highest BCUT2D eigenvalue weighted by Gasteiger charge is 2.19. The van der Waals surface area contributed by atoms with Crippen molar-refractivity contribution in [3.63, 3.8) is 0 Å². The molecular weight excluding hydrogens is 344 g/mol. The van der Waals surface area contributed by atoms with E-state index in [4.69, 9.17) is 0 Å². The molecule has 1 unspecified atom stereocenters. The van der Waals surface area contributed by atoms with Crippen LogP contribution >= 0.6 is 11.5 Å². The van der Waals surface area contributed by atoms with Crippen LogP contribution in [0, 0.1) is 0 Å². The number of hydrogen-bond donors (Lipinski definition) is 1. The third kappa shape index (κ3) is 5.10. The van der Waals surface area contributed by atoms with Crippen molar-refractivity contribution in [2.75, 3.05) is 0 Å². The molecule has 0 aliphatic carbocycles. The van der Waals surface area contributed by atoms with E-state index >= 15 is 0 Å². The summed E-state index contributed by atoms with van der Waals surface area (Å²) in [4.78, 5) is 23.9. The quantitative estimate of drug-likeness (QED) is 0.659. The van der Waals surface area contributed by atoms with Gasteiger partial charge in [-0.2, -0.15) is 4.37 Å². The van der Waals surface area contributed by atoms with Gasteiger partial charge in [-0.05, 0) is 23.5 Å². The van der Waals surface area contributed by atoms with E-state index in [9.17, 15) is 9.59 Å². The summed E-state index contributed by atoms with van der Waals surface area (Å²) >= 11 is 1.23. The third-order valence-electron chi connectivity index (χ3n) is 3.64. The molecule has 134 valence electrons. The highest BCUT2D eigenvalue weighted by molar-refractivity contribution is 7.04. The molecule has 0 bridgehead atoms. The molecule has 1 atom stereocenters. The van der Waals surface area contributed by atoms with Crippen molar-refractivity contribution in [3.8, 4) is 11.3 Å². The van der Waals surface area contributed by atoms with Crippen LogP contribution in [-0.2, 0) is 11.2 Å². The van der Waals surface area contributed by atoms with Crippen LogP contribution < -0.4 is 5.32 Å². The number of carbonyl (C=O) groups is 2. The van der Waals surface area contributed by atoms with Crippen LogP contribution in [0.15, 0.2) is 66.0 Å². The maximum atomic E-state index is 12.6. The number of rotatable bonds is 6. The highest BCUT2D eigenvalue weighted by atomic mass is 32.1. The van der Waals surface area contributed by atoms with Crippen molar-refractivity contribution in [1.29, 1.82) is 0 Å². The summed E-state index contributed by atoms with van der Waals surface area (Å²) in [5.74, 6) is -0.282. The number of hydrogen-bond acceptors (Lipinski definition) is 4. The summed E-state index contributed by atoms with van der Waals surface area (Å²) < 4.78 is 4.32. The van der Waals surface area contributed by atoms with Gasteiger partial charge in [0.25, 0.3) is 5.91 Å². The SMILES string of the molecule is CC.O=CC(Cc1ccccc1)NC(=O)c1csnc1-c1ccccc1. The Morgan fingerprint density at radius 3 is 2.31 bits per heavy atom. The molecule has 4 nitrogen and oxygen atoms in total. The molecule has 26 heavy (non-hydrogen) atoms. The molecule has 5 heteroatoms. The molecule has 3 rings (SSSR count). The lowest BCUT2D eigenvalue weighted by atomic mass is 10.1. The summed E-state index contributed by atoms with van der Waals surface area (Å²) in [7, 11) is 0. The molecule has 1 amide bonds. The minimum Gasteiger partial charge on any atom is -0.342 e. The second-order valence-electron chi connectivity index (χ2n) is 5.35. The Morgan fingerprint density at radius 2 is 1.69 bits per heavy atom. The van der Waals surface area contributed by atoms with E-state index in [0.717, 1.165) is 17.4 Å². The number of benzene rings is 2. The van der Waals surface area contributed by atoms with Crippen molar-refractivity contribution in [2.45, 2.75) is 26.3 Å². The first-order valence-corrected chi connectivity index (χ1v) is 9.41. The van der Waals surface area contributed by atoms with Gasteiger partial charge < -0.3 is 10.1 Å². The Morgan fingerprint density at radius 1 is 1.08 bits per heavy atom. The minimum atomic E-state index is -0.566. The lowest BCUT2D eigenvalue weighted by Gasteiger charge is -2.13. The molecular formula is C21H22N2O2S. The zero-order valence-corrected chi connectivity index (χ0v) is 15.7. The van der Waals surface area contributed by atoms with Gasteiger partial charge in [-0.15, -0.1) is 0 Å². The van der Waals surface area contributed by atoms with Crippen LogP contribution in [0.5, 0.6) is 0 Å². The van der Waals surface area contributed by atoms with Gasteiger partial charge in [-0.1, -0.05) is 74.5 Å². The average molecular weight is 366 g/mol. The summed E-state index contributed by atoms with van der Waals surface area (Å²) in [5.41, 5.74) is 3.02. The number of nitrogens with zero attached hydrogens (tertiary/aromatic N) is 1. The van der Waals surface area contributed by atoms with E-state index < -0.39 is 6.04 Å². The Labute approximate surface area is 158 Å². The smallest absolute Gasteiger partial charge is 0.254 e. The van der Waals surface area contributed by atoms with E-state index in [1.54, 1.807) is 5.38 Å². The van der Waals surface area contributed by atoms with Gasteiger partial charge in [0.05, 0.1) is 17.3 Å². The second kappa shape index (κ2) is 10.3. The number of amides is 1. The molecule has 0 aliphatic heterocycles. The van der Waals surface area contributed by atoms with E-state index in [0.29, 0.717) is 17.7 Å². The number of nitrogens with one attached hydrogen (secondary N) is 1. The van der Waals surface area contributed by atoms with E-state index in [-0.39, 0.29) is 5.91 Å². The molecule has 1 aromatic heterocycles. The number of carbonyl (C=O) groups excluding carboxylic acids is 2. The summed E-state index contributed by atoms with van der Waals surface area (Å²) in [5, 5.41) is 4.50. The van der Waals surface area contributed by atoms with Crippen LogP contribution in [0.4, 0.5) is 0 Å². The Hall–Kier alpha value is -2.79. The Kier molecular flexibility index (Phi) is 7.71. The summed E-state index contributed by atoms with van der Waals surface area (Å²) in [6, 6.07) is 18.6. The van der Waals surface area contributed by atoms with Crippen LogP contribution in [0.25, 0.3) is 11.3 Å². The zero-order chi connectivity index (χ0) is 18.8.